The lowest BCUT2D eigenvalue weighted by atomic mass is 10.0. The molecule has 3 nitrogen and oxygen atoms in total. The van der Waals surface area contributed by atoms with Crippen molar-refractivity contribution in [3.8, 4) is 5.75 Å². The average molecular weight is 250 g/mol. The summed E-state index contributed by atoms with van der Waals surface area (Å²) in [7, 11) is 3.80. The van der Waals surface area contributed by atoms with E-state index < -0.39 is 0 Å². The van der Waals surface area contributed by atoms with Crippen molar-refractivity contribution in [3.05, 3.63) is 23.8 Å². The number of benzene rings is 1. The van der Waals surface area contributed by atoms with E-state index in [0.717, 1.165) is 24.4 Å². The molecule has 1 aromatic carbocycles. The number of anilines is 1. The van der Waals surface area contributed by atoms with Crippen LogP contribution in [0.15, 0.2) is 18.2 Å². The minimum absolute atomic E-state index is 0.230. The lowest BCUT2D eigenvalue weighted by Crippen LogP contribution is -2.26. The van der Waals surface area contributed by atoms with Gasteiger partial charge in [0.2, 0.25) is 0 Å². The van der Waals surface area contributed by atoms with Crippen molar-refractivity contribution < 1.29 is 4.74 Å². The van der Waals surface area contributed by atoms with Crippen molar-refractivity contribution in [2.45, 2.75) is 39.2 Å². The molecule has 1 aromatic rings. The third-order valence-electron chi connectivity index (χ3n) is 3.20. The Labute approximate surface area is 111 Å². The summed E-state index contributed by atoms with van der Waals surface area (Å²) in [4.78, 5) is 2.20. The first-order chi connectivity index (χ1) is 8.45. The molecule has 0 amide bonds. The molecule has 0 fully saturated rings. The van der Waals surface area contributed by atoms with Gasteiger partial charge in [-0.15, -0.1) is 0 Å². The maximum absolute atomic E-state index is 5.80. The van der Waals surface area contributed by atoms with E-state index in [1.807, 2.05) is 6.92 Å². The van der Waals surface area contributed by atoms with Crippen LogP contribution in [-0.2, 0) is 0 Å². The second-order valence-electron chi connectivity index (χ2n) is 5.27. The van der Waals surface area contributed by atoms with Crippen molar-refractivity contribution in [3.63, 3.8) is 0 Å². The Kier molecular flexibility index (Phi) is 5.48. The predicted molar refractivity (Wildman–Crippen MR) is 78.6 cm³/mol. The molecule has 1 rings (SSSR count). The van der Waals surface area contributed by atoms with E-state index in [9.17, 15) is 0 Å². The van der Waals surface area contributed by atoms with Gasteiger partial charge in [0.05, 0.1) is 12.8 Å². The highest BCUT2D eigenvalue weighted by molar-refractivity contribution is 5.59. The topological polar surface area (TPSA) is 38.5 Å². The summed E-state index contributed by atoms with van der Waals surface area (Å²) in [5.41, 5.74) is 8.22. The van der Waals surface area contributed by atoms with Gasteiger partial charge >= 0.3 is 0 Å². The van der Waals surface area contributed by atoms with Crippen molar-refractivity contribution in [1.82, 2.24) is 0 Å². The Hall–Kier alpha value is -1.22. The second-order valence-corrected chi connectivity index (χ2v) is 5.27. The summed E-state index contributed by atoms with van der Waals surface area (Å²) >= 11 is 0. The van der Waals surface area contributed by atoms with Crippen LogP contribution in [0, 0.1) is 0 Å². The first-order valence-corrected chi connectivity index (χ1v) is 6.60. The van der Waals surface area contributed by atoms with E-state index in [1.54, 1.807) is 7.11 Å². The molecule has 0 aromatic heterocycles. The first-order valence-electron chi connectivity index (χ1n) is 6.60. The van der Waals surface area contributed by atoms with Gasteiger partial charge in [0, 0.05) is 19.6 Å². The Morgan fingerprint density at radius 3 is 2.44 bits per heavy atom. The highest BCUT2D eigenvalue weighted by Crippen LogP contribution is 2.31. The molecule has 0 saturated carbocycles. The van der Waals surface area contributed by atoms with Gasteiger partial charge in [0.1, 0.15) is 5.75 Å². The smallest absolute Gasteiger partial charge is 0.142 e. The van der Waals surface area contributed by atoms with Crippen LogP contribution < -0.4 is 15.4 Å². The van der Waals surface area contributed by atoms with Crippen LogP contribution in [0.3, 0.4) is 0 Å². The molecule has 18 heavy (non-hydrogen) atoms. The van der Waals surface area contributed by atoms with Crippen molar-refractivity contribution in [2.24, 2.45) is 5.73 Å². The third-order valence-corrected chi connectivity index (χ3v) is 3.20. The number of nitrogens with two attached hydrogens (primary N) is 1. The van der Waals surface area contributed by atoms with Gasteiger partial charge < -0.3 is 15.4 Å². The van der Waals surface area contributed by atoms with Gasteiger partial charge in [-0.1, -0.05) is 19.9 Å². The highest BCUT2D eigenvalue weighted by atomic mass is 16.5. The summed E-state index contributed by atoms with van der Waals surface area (Å²) < 4.78 is 5.49. The Morgan fingerprint density at radius 2 is 1.94 bits per heavy atom. The fourth-order valence-electron chi connectivity index (χ4n) is 1.89. The van der Waals surface area contributed by atoms with Crippen molar-refractivity contribution in [2.75, 3.05) is 25.6 Å². The zero-order valence-corrected chi connectivity index (χ0v) is 12.2. The quantitative estimate of drug-likeness (QED) is 0.843. The van der Waals surface area contributed by atoms with Crippen molar-refractivity contribution >= 4 is 5.69 Å². The van der Waals surface area contributed by atoms with E-state index in [4.69, 9.17) is 10.5 Å². The van der Waals surface area contributed by atoms with Crippen LogP contribution in [-0.4, -0.2) is 26.7 Å². The molecule has 0 aliphatic carbocycles. The van der Waals surface area contributed by atoms with Gasteiger partial charge in [-0.25, -0.2) is 0 Å². The molecule has 1 atom stereocenters. The SMILES string of the molecule is COc1cc(C(C)C)ccc1N(C)CCC(C)N. The molecule has 0 heterocycles. The zero-order chi connectivity index (χ0) is 13.7. The number of rotatable bonds is 6. The van der Waals surface area contributed by atoms with E-state index in [-0.39, 0.29) is 6.04 Å². The largest absolute Gasteiger partial charge is 0.495 e. The molecule has 0 aliphatic rings. The molecular weight excluding hydrogens is 224 g/mol. The summed E-state index contributed by atoms with van der Waals surface area (Å²) in [5, 5.41) is 0. The lowest BCUT2D eigenvalue weighted by molar-refractivity contribution is 0.414. The first kappa shape index (κ1) is 14.8. The summed E-state index contributed by atoms with van der Waals surface area (Å²) in [6.07, 6.45) is 0.978. The summed E-state index contributed by atoms with van der Waals surface area (Å²) in [6.45, 7) is 7.35. The number of hydrogen-bond donors (Lipinski definition) is 1. The molecule has 0 spiro atoms. The molecular formula is C15H26N2O. The van der Waals surface area contributed by atoms with E-state index in [1.165, 1.54) is 5.56 Å². The van der Waals surface area contributed by atoms with Crippen LogP contribution in [0.1, 0.15) is 38.7 Å². The minimum Gasteiger partial charge on any atom is -0.495 e. The average Bonchev–Trinajstić information content (AvgIpc) is 2.34. The zero-order valence-electron chi connectivity index (χ0n) is 12.2. The lowest BCUT2D eigenvalue weighted by Gasteiger charge is -2.23. The Morgan fingerprint density at radius 1 is 1.28 bits per heavy atom. The second kappa shape index (κ2) is 6.64. The highest BCUT2D eigenvalue weighted by Gasteiger charge is 2.11. The molecule has 102 valence electrons. The normalized spacial score (nSPS) is 12.6. The summed E-state index contributed by atoms with van der Waals surface area (Å²) in [5.74, 6) is 1.45. The Bertz CT molecular complexity index is 375. The number of nitrogens with zero attached hydrogens (tertiary/aromatic N) is 1. The number of methoxy groups -OCH3 is 1. The van der Waals surface area contributed by atoms with Crippen LogP contribution >= 0.6 is 0 Å². The maximum Gasteiger partial charge on any atom is 0.142 e. The van der Waals surface area contributed by atoms with Crippen molar-refractivity contribution in [1.29, 1.82) is 0 Å². The van der Waals surface area contributed by atoms with E-state index in [0.29, 0.717) is 5.92 Å². The van der Waals surface area contributed by atoms with E-state index >= 15 is 0 Å². The molecule has 3 heteroatoms. The molecule has 1 unspecified atom stereocenters. The summed E-state index contributed by atoms with van der Waals surface area (Å²) in [6, 6.07) is 6.66. The molecule has 0 saturated heterocycles. The van der Waals surface area contributed by atoms with E-state index in [2.05, 4.69) is 44.0 Å². The molecule has 2 N–H and O–H groups in total. The standard InChI is InChI=1S/C15H26N2O/c1-11(2)13-6-7-14(15(10-13)18-5)17(4)9-8-12(3)16/h6-7,10-12H,8-9,16H2,1-5H3. The molecule has 0 bridgehead atoms. The molecule has 0 aliphatic heterocycles. The third kappa shape index (κ3) is 3.91. The van der Waals surface area contributed by atoms with Crippen LogP contribution in [0.5, 0.6) is 5.75 Å². The van der Waals surface area contributed by atoms with Gasteiger partial charge in [0.25, 0.3) is 0 Å². The Balaban J connectivity index is 2.87. The monoisotopic (exact) mass is 250 g/mol. The van der Waals surface area contributed by atoms with Gasteiger partial charge in [-0.2, -0.15) is 0 Å². The van der Waals surface area contributed by atoms with Crippen LogP contribution in [0.2, 0.25) is 0 Å². The number of hydrogen-bond acceptors (Lipinski definition) is 3. The fraction of sp³-hybridized carbons (Fsp3) is 0.600. The molecule has 0 radical (unpaired) electrons. The van der Waals surface area contributed by atoms with Gasteiger partial charge in [-0.3, -0.25) is 0 Å². The number of ether oxygens (including phenoxy) is 1. The predicted octanol–water partition coefficient (Wildman–Crippen LogP) is 2.99. The fourth-order valence-corrected chi connectivity index (χ4v) is 1.89. The van der Waals surface area contributed by atoms with Crippen LogP contribution in [0.4, 0.5) is 5.69 Å². The maximum atomic E-state index is 5.80. The van der Waals surface area contributed by atoms with Gasteiger partial charge in [0.15, 0.2) is 0 Å². The minimum atomic E-state index is 0.230. The van der Waals surface area contributed by atoms with Gasteiger partial charge in [-0.05, 0) is 37.0 Å². The van der Waals surface area contributed by atoms with Crippen LogP contribution in [0.25, 0.3) is 0 Å².